The smallest absolute Gasteiger partial charge is 0.274 e. The molecule has 0 fully saturated rings. The molecular formula is C18H16ClN5OS. The number of aryl methyl sites for hydroxylation is 2. The molecule has 4 aromatic rings. The first-order valence-corrected chi connectivity index (χ1v) is 9.32. The number of halogens is 1. The largest absolute Gasteiger partial charge is 0.349 e. The van der Waals surface area contributed by atoms with E-state index in [0.29, 0.717) is 17.4 Å². The summed E-state index contributed by atoms with van der Waals surface area (Å²) in [5.41, 5.74) is 4.39. The molecule has 0 spiro atoms. The maximum absolute atomic E-state index is 12.2. The quantitative estimate of drug-likeness (QED) is 0.580. The van der Waals surface area contributed by atoms with Gasteiger partial charge in [0.25, 0.3) is 5.91 Å². The predicted molar refractivity (Wildman–Crippen MR) is 104 cm³/mol. The topological polar surface area (TPSA) is 72.7 Å². The van der Waals surface area contributed by atoms with Crippen molar-refractivity contribution < 1.29 is 4.79 Å². The van der Waals surface area contributed by atoms with E-state index in [2.05, 4.69) is 44.6 Å². The summed E-state index contributed by atoms with van der Waals surface area (Å²) in [7, 11) is 0. The zero-order valence-electron chi connectivity index (χ0n) is 14.3. The van der Waals surface area contributed by atoms with Gasteiger partial charge in [-0.1, -0.05) is 34.3 Å². The third-order valence-electron chi connectivity index (χ3n) is 4.33. The highest BCUT2D eigenvalue weighted by molar-refractivity contribution is 7.10. The number of carbonyl (C=O) groups is 1. The molecule has 1 aromatic carbocycles. The molecule has 1 amide bonds. The van der Waals surface area contributed by atoms with Gasteiger partial charge in [0.15, 0.2) is 5.69 Å². The lowest BCUT2D eigenvalue weighted by Crippen LogP contribution is -2.27. The molecule has 3 aromatic heterocycles. The van der Waals surface area contributed by atoms with Crippen molar-refractivity contribution in [2.45, 2.75) is 20.4 Å². The molecule has 0 radical (unpaired) electrons. The van der Waals surface area contributed by atoms with Crippen LogP contribution in [0, 0.1) is 13.8 Å². The molecule has 0 saturated carbocycles. The fourth-order valence-corrected chi connectivity index (χ4v) is 3.92. The molecule has 0 unspecified atom stereocenters. The Kier molecular flexibility index (Phi) is 4.34. The average molecular weight is 386 g/mol. The Labute approximate surface area is 159 Å². The number of pyridine rings is 1. The van der Waals surface area contributed by atoms with Gasteiger partial charge in [0.2, 0.25) is 0 Å². The van der Waals surface area contributed by atoms with E-state index in [1.807, 2.05) is 19.1 Å². The van der Waals surface area contributed by atoms with Crippen molar-refractivity contribution in [2.24, 2.45) is 0 Å². The molecule has 4 rings (SSSR count). The lowest BCUT2D eigenvalue weighted by atomic mass is 10.1. The number of rotatable bonds is 4. The summed E-state index contributed by atoms with van der Waals surface area (Å²) in [5, 5.41) is 8.94. The summed E-state index contributed by atoms with van der Waals surface area (Å²) in [5.74, 6) is -0.315. The van der Waals surface area contributed by atoms with Crippen LogP contribution in [0.3, 0.4) is 0 Å². The van der Waals surface area contributed by atoms with E-state index >= 15 is 0 Å². The first kappa shape index (κ1) is 16.9. The number of aromatic nitrogens is 4. The van der Waals surface area contributed by atoms with Crippen molar-refractivity contribution >= 4 is 51.0 Å². The zero-order chi connectivity index (χ0) is 18.3. The maximum Gasteiger partial charge on any atom is 0.274 e. The number of para-hydroxylation sites is 1. The Balaban J connectivity index is 1.67. The van der Waals surface area contributed by atoms with Crippen molar-refractivity contribution in [1.82, 2.24) is 24.5 Å². The van der Waals surface area contributed by atoms with Gasteiger partial charge in [-0.3, -0.25) is 4.79 Å². The second kappa shape index (κ2) is 6.66. The van der Waals surface area contributed by atoms with Crippen LogP contribution in [-0.4, -0.2) is 31.6 Å². The Hall–Kier alpha value is -2.51. The summed E-state index contributed by atoms with van der Waals surface area (Å²) in [6, 6.07) is 10.3. The van der Waals surface area contributed by atoms with Crippen LogP contribution in [0.25, 0.3) is 21.9 Å². The van der Waals surface area contributed by atoms with Crippen LogP contribution >= 0.6 is 23.1 Å². The van der Waals surface area contributed by atoms with Crippen LogP contribution in [0.2, 0.25) is 4.34 Å². The van der Waals surface area contributed by atoms with Gasteiger partial charge in [-0.25, -0.2) is 4.98 Å². The standard InChI is InChI=1S/C18H16ClN5OS/c1-10-9-11(2)21-17-14(10)12-5-3-4-6-13(12)24(17)8-7-20-18(25)15-16(19)26-23-22-15/h3-6,9H,7-8H2,1-2H3,(H,20,25). The third-order valence-corrected chi connectivity index (χ3v) is 5.23. The molecule has 8 heteroatoms. The first-order chi connectivity index (χ1) is 12.6. The van der Waals surface area contributed by atoms with Gasteiger partial charge in [-0.15, -0.1) is 5.10 Å². The van der Waals surface area contributed by atoms with E-state index in [-0.39, 0.29) is 11.6 Å². The van der Waals surface area contributed by atoms with Gasteiger partial charge in [0.1, 0.15) is 9.98 Å². The number of hydrogen-bond acceptors (Lipinski definition) is 5. The van der Waals surface area contributed by atoms with Crippen molar-refractivity contribution in [3.63, 3.8) is 0 Å². The summed E-state index contributed by atoms with van der Waals surface area (Å²) >= 11 is 6.92. The first-order valence-electron chi connectivity index (χ1n) is 8.17. The van der Waals surface area contributed by atoms with E-state index in [1.54, 1.807) is 0 Å². The van der Waals surface area contributed by atoms with E-state index in [1.165, 1.54) is 10.9 Å². The summed E-state index contributed by atoms with van der Waals surface area (Å²) in [6.45, 7) is 5.14. The van der Waals surface area contributed by atoms with Crippen LogP contribution in [0.15, 0.2) is 30.3 Å². The lowest BCUT2D eigenvalue weighted by molar-refractivity contribution is 0.0947. The van der Waals surface area contributed by atoms with Crippen LogP contribution in [0.1, 0.15) is 21.7 Å². The van der Waals surface area contributed by atoms with Gasteiger partial charge in [-0.2, -0.15) is 0 Å². The number of fused-ring (bicyclic) bond motifs is 3. The van der Waals surface area contributed by atoms with Crippen molar-refractivity contribution in [3.8, 4) is 0 Å². The highest BCUT2D eigenvalue weighted by Crippen LogP contribution is 2.30. The number of nitrogens with zero attached hydrogens (tertiary/aromatic N) is 4. The van der Waals surface area contributed by atoms with E-state index in [9.17, 15) is 4.79 Å². The van der Waals surface area contributed by atoms with E-state index in [0.717, 1.165) is 33.8 Å². The minimum Gasteiger partial charge on any atom is -0.349 e. The van der Waals surface area contributed by atoms with Gasteiger partial charge < -0.3 is 9.88 Å². The molecule has 6 nitrogen and oxygen atoms in total. The number of amides is 1. The van der Waals surface area contributed by atoms with Gasteiger partial charge in [0.05, 0.1) is 5.52 Å². The molecule has 26 heavy (non-hydrogen) atoms. The molecular weight excluding hydrogens is 370 g/mol. The van der Waals surface area contributed by atoms with Gasteiger partial charge >= 0.3 is 0 Å². The Morgan fingerprint density at radius 3 is 2.88 bits per heavy atom. The highest BCUT2D eigenvalue weighted by atomic mass is 35.5. The average Bonchev–Trinajstić information content (AvgIpc) is 3.17. The molecule has 0 aliphatic rings. The third kappa shape index (κ3) is 2.83. The summed E-state index contributed by atoms with van der Waals surface area (Å²) < 4.78 is 6.13. The van der Waals surface area contributed by atoms with Crippen LogP contribution in [0.5, 0.6) is 0 Å². The number of nitrogens with one attached hydrogen (secondary N) is 1. The number of hydrogen-bond donors (Lipinski definition) is 1. The molecule has 0 atom stereocenters. The minimum atomic E-state index is -0.315. The Bertz CT molecular complexity index is 1130. The van der Waals surface area contributed by atoms with Gasteiger partial charge in [0, 0.05) is 41.1 Å². The second-order valence-electron chi connectivity index (χ2n) is 6.10. The van der Waals surface area contributed by atoms with Crippen molar-refractivity contribution in [3.05, 3.63) is 51.6 Å². The lowest BCUT2D eigenvalue weighted by Gasteiger charge is -2.08. The van der Waals surface area contributed by atoms with Crippen LogP contribution in [0.4, 0.5) is 0 Å². The van der Waals surface area contributed by atoms with E-state index in [4.69, 9.17) is 16.6 Å². The molecule has 0 saturated heterocycles. The SMILES string of the molecule is Cc1cc(C)c2c3ccccc3n(CCNC(=O)c3nnsc3Cl)c2n1. The van der Waals surface area contributed by atoms with Gasteiger partial charge in [-0.05, 0) is 31.5 Å². The maximum atomic E-state index is 12.2. The molecule has 3 heterocycles. The number of carbonyl (C=O) groups excluding carboxylic acids is 1. The molecule has 132 valence electrons. The molecule has 1 N–H and O–H groups in total. The molecule has 0 bridgehead atoms. The van der Waals surface area contributed by atoms with Crippen LogP contribution < -0.4 is 5.32 Å². The fraction of sp³-hybridized carbons (Fsp3) is 0.222. The molecule has 0 aliphatic carbocycles. The van der Waals surface area contributed by atoms with Crippen molar-refractivity contribution in [1.29, 1.82) is 0 Å². The monoisotopic (exact) mass is 385 g/mol. The zero-order valence-corrected chi connectivity index (χ0v) is 15.9. The highest BCUT2D eigenvalue weighted by Gasteiger charge is 2.16. The Morgan fingerprint density at radius 1 is 1.31 bits per heavy atom. The number of benzene rings is 1. The summed E-state index contributed by atoms with van der Waals surface area (Å²) in [6.07, 6.45) is 0. The van der Waals surface area contributed by atoms with Crippen molar-refractivity contribution in [2.75, 3.05) is 6.54 Å². The van der Waals surface area contributed by atoms with E-state index < -0.39 is 0 Å². The normalized spacial score (nSPS) is 11.3. The summed E-state index contributed by atoms with van der Waals surface area (Å²) in [4.78, 5) is 16.9. The minimum absolute atomic E-state index is 0.170. The fourth-order valence-electron chi connectivity index (χ4n) is 3.29. The second-order valence-corrected chi connectivity index (χ2v) is 7.46. The molecule has 0 aliphatic heterocycles. The Morgan fingerprint density at radius 2 is 2.12 bits per heavy atom. The predicted octanol–water partition coefficient (Wildman–Crippen LogP) is 3.74. The van der Waals surface area contributed by atoms with Crippen LogP contribution in [-0.2, 0) is 6.54 Å².